The smallest absolute Gasteiger partial charge is 0.330 e. The second-order valence-electron chi connectivity index (χ2n) is 11.3. The molecule has 3 heterocycles. The summed E-state index contributed by atoms with van der Waals surface area (Å²) in [6, 6.07) is 0. The Morgan fingerprint density at radius 2 is 2.00 bits per heavy atom. The number of carbonyl (C=O) groups excluding carboxylic acids is 2. The Bertz CT molecular complexity index is 1230. The number of anilines is 1. The number of aliphatic hydroxyl groups excluding tert-OH is 2. The van der Waals surface area contributed by atoms with Gasteiger partial charge in [-0.25, -0.2) is 4.79 Å². The topological polar surface area (TPSA) is 158 Å². The molecule has 12 heteroatoms. The number of rotatable bonds is 16. The van der Waals surface area contributed by atoms with Gasteiger partial charge in [-0.05, 0) is 45.4 Å². The van der Waals surface area contributed by atoms with Gasteiger partial charge in [-0.3, -0.25) is 9.59 Å². The Kier molecular flexibility index (Phi) is 13.4. The first-order valence-corrected chi connectivity index (χ1v) is 16.8. The number of aromatic nitrogens is 1. The van der Waals surface area contributed by atoms with Gasteiger partial charge >= 0.3 is 5.97 Å². The number of unbranched alkanes of at least 4 members (excludes halogenated alkanes) is 4. The summed E-state index contributed by atoms with van der Waals surface area (Å²) in [5, 5.41) is 35.5. The molecule has 1 saturated heterocycles. The summed E-state index contributed by atoms with van der Waals surface area (Å²) in [5.41, 5.74) is 0.224. The highest BCUT2D eigenvalue weighted by Gasteiger charge is 2.41. The van der Waals surface area contributed by atoms with E-state index in [2.05, 4.69) is 10.3 Å². The molecule has 234 valence electrons. The van der Waals surface area contributed by atoms with Crippen molar-refractivity contribution in [3.8, 4) is 10.6 Å². The maximum Gasteiger partial charge on any atom is 0.330 e. The van der Waals surface area contributed by atoms with Gasteiger partial charge in [0.05, 0.1) is 42.1 Å². The Morgan fingerprint density at radius 3 is 2.74 bits per heavy atom. The molecule has 3 aliphatic rings. The molecule has 3 rings (SSSR count). The highest BCUT2D eigenvalue weighted by molar-refractivity contribution is 7.70. The van der Waals surface area contributed by atoms with Gasteiger partial charge < -0.3 is 35.1 Å². The summed E-state index contributed by atoms with van der Waals surface area (Å²) >= 11 is 0. The zero-order valence-corrected chi connectivity index (χ0v) is 26.2. The van der Waals surface area contributed by atoms with Gasteiger partial charge in [-0.15, -0.1) is 0 Å². The van der Waals surface area contributed by atoms with Crippen molar-refractivity contribution in [2.45, 2.75) is 102 Å². The summed E-state index contributed by atoms with van der Waals surface area (Å²) in [5.74, 6) is -0.635. The minimum atomic E-state index is -1.38. The molecular weight excluding hydrogens is 580 g/mol. The molecule has 5 atom stereocenters. The van der Waals surface area contributed by atoms with E-state index < -0.39 is 23.8 Å². The minimum absolute atomic E-state index is 0.0123. The number of hydrogen-bond donors (Lipinski definition) is 5. The first-order valence-electron chi connectivity index (χ1n) is 14.6. The lowest BCUT2D eigenvalue weighted by molar-refractivity contribution is -0.181. The van der Waals surface area contributed by atoms with E-state index in [0.717, 1.165) is 48.2 Å². The second-order valence-corrected chi connectivity index (χ2v) is 13.4. The lowest BCUT2D eigenvalue weighted by Gasteiger charge is -2.40. The van der Waals surface area contributed by atoms with Crippen LogP contribution in [0.5, 0.6) is 0 Å². The van der Waals surface area contributed by atoms with Gasteiger partial charge in [0.25, 0.3) is 5.56 Å². The standard InChI is InChI=1S/C30H44N2O8S2/c1-19(14-22-16-24(34)30(38,18-40-22)12-9-10-20(2)21(3)33)15-26(36)39-13-8-6-4-5-7-11-25(35)32-27-28-23(17-41-42-28)31-29(27)37/h9-10,15,17,20-22,24,33-34,38H,4-8,11-14,16,18H2,1-3H3,(H,31,37)(H,32,35)/b10-9+,19-15+/t20?,21?,22-,24-,30?/m0/s1. The molecule has 3 aliphatic heterocycles. The summed E-state index contributed by atoms with van der Waals surface area (Å²) < 4.78 is 11.1. The van der Waals surface area contributed by atoms with Gasteiger partial charge in [0.15, 0.2) is 0 Å². The quantitative estimate of drug-likeness (QED) is 0.0596. The fraction of sp³-hybridized carbons (Fsp3) is 0.633. The summed E-state index contributed by atoms with van der Waals surface area (Å²) in [6.45, 7) is 5.69. The Balaban J connectivity index is 1.24. The number of carbonyl (C=O) groups is 2. The Morgan fingerprint density at radius 1 is 1.26 bits per heavy atom. The van der Waals surface area contributed by atoms with Crippen molar-refractivity contribution in [3.05, 3.63) is 39.5 Å². The Labute approximate surface area is 254 Å². The van der Waals surface area contributed by atoms with Crippen LogP contribution in [0.1, 0.15) is 78.6 Å². The van der Waals surface area contributed by atoms with Crippen molar-refractivity contribution in [2.75, 3.05) is 18.5 Å². The van der Waals surface area contributed by atoms with E-state index in [9.17, 15) is 29.7 Å². The van der Waals surface area contributed by atoms with Crippen molar-refractivity contribution in [3.63, 3.8) is 0 Å². The number of ether oxygens (including phenoxy) is 2. The van der Waals surface area contributed by atoms with Crippen LogP contribution in [0.15, 0.2) is 34.0 Å². The summed E-state index contributed by atoms with van der Waals surface area (Å²) in [4.78, 5) is 39.9. The van der Waals surface area contributed by atoms with Gasteiger partial charge in [0.2, 0.25) is 5.91 Å². The van der Waals surface area contributed by atoms with Crippen LogP contribution in [-0.4, -0.2) is 69.3 Å². The van der Waals surface area contributed by atoms with Crippen LogP contribution in [0.4, 0.5) is 5.69 Å². The number of aliphatic hydroxyl groups is 3. The van der Waals surface area contributed by atoms with Gasteiger partial charge in [0, 0.05) is 24.3 Å². The lowest BCUT2D eigenvalue weighted by Crippen LogP contribution is -2.52. The normalized spacial score (nSPS) is 22.9. The molecule has 0 radical (unpaired) electrons. The van der Waals surface area contributed by atoms with E-state index in [1.54, 1.807) is 13.0 Å². The van der Waals surface area contributed by atoms with Crippen LogP contribution in [-0.2, 0) is 19.1 Å². The number of amides is 1. The van der Waals surface area contributed by atoms with E-state index in [4.69, 9.17) is 9.47 Å². The molecule has 3 unspecified atom stereocenters. The zero-order valence-electron chi connectivity index (χ0n) is 24.6. The molecular formula is C30H44N2O8S2. The van der Waals surface area contributed by atoms with Crippen molar-refractivity contribution >= 4 is 38.2 Å². The van der Waals surface area contributed by atoms with Crippen molar-refractivity contribution in [2.24, 2.45) is 5.92 Å². The lowest BCUT2D eigenvalue weighted by atomic mass is 9.85. The maximum absolute atomic E-state index is 12.2. The fourth-order valence-electron chi connectivity index (χ4n) is 4.72. The zero-order chi connectivity index (χ0) is 30.7. The molecule has 5 N–H and O–H groups in total. The number of nitrogens with one attached hydrogen (secondary N) is 2. The number of hydrogen-bond acceptors (Lipinski definition) is 10. The molecule has 0 aliphatic carbocycles. The first kappa shape index (κ1) is 34.1. The fourth-order valence-corrected chi connectivity index (χ4v) is 6.88. The minimum Gasteiger partial charge on any atom is -0.463 e. The monoisotopic (exact) mass is 624 g/mol. The SMILES string of the molecule is C/C(=C\C(=O)OCCCCCCCC(=O)Nc1c2sscc-2[nH]c1=O)C[C@H]1C[C@H](O)C(O)(C/C=C/C(C)C(C)O)CO1. The highest BCUT2D eigenvalue weighted by atomic mass is 32.9. The van der Waals surface area contributed by atoms with E-state index in [-0.39, 0.29) is 42.9 Å². The Hall–Kier alpha value is -2.35. The largest absolute Gasteiger partial charge is 0.463 e. The molecule has 1 fully saturated rings. The molecule has 0 aromatic rings. The molecule has 0 spiro atoms. The van der Waals surface area contributed by atoms with Gasteiger partial charge in [-0.2, -0.15) is 0 Å². The van der Waals surface area contributed by atoms with Crippen molar-refractivity contribution < 1.29 is 34.4 Å². The molecule has 0 bridgehead atoms. The molecule has 0 saturated carbocycles. The summed E-state index contributed by atoms with van der Waals surface area (Å²) in [6.07, 6.45) is 8.65. The third kappa shape index (κ3) is 10.4. The maximum atomic E-state index is 12.2. The van der Waals surface area contributed by atoms with Crippen LogP contribution < -0.4 is 10.9 Å². The number of fused-ring (bicyclic) bond motifs is 1. The van der Waals surface area contributed by atoms with E-state index in [0.29, 0.717) is 25.1 Å². The third-order valence-corrected chi connectivity index (χ3v) is 9.66. The van der Waals surface area contributed by atoms with Crippen LogP contribution in [0.3, 0.4) is 0 Å². The molecule has 42 heavy (non-hydrogen) atoms. The average molecular weight is 625 g/mol. The predicted molar refractivity (Wildman–Crippen MR) is 165 cm³/mol. The van der Waals surface area contributed by atoms with Crippen LogP contribution in [0.25, 0.3) is 10.6 Å². The van der Waals surface area contributed by atoms with E-state index in [1.807, 2.05) is 25.3 Å². The predicted octanol–water partition coefficient (Wildman–Crippen LogP) is 4.61. The van der Waals surface area contributed by atoms with Crippen LogP contribution in [0, 0.1) is 5.92 Å². The van der Waals surface area contributed by atoms with Gasteiger partial charge in [0.1, 0.15) is 11.3 Å². The average Bonchev–Trinajstić information content (AvgIpc) is 3.49. The van der Waals surface area contributed by atoms with Gasteiger partial charge in [-0.1, -0.05) is 64.6 Å². The van der Waals surface area contributed by atoms with E-state index >= 15 is 0 Å². The van der Waals surface area contributed by atoms with Crippen LogP contribution in [0.2, 0.25) is 0 Å². The van der Waals surface area contributed by atoms with E-state index in [1.165, 1.54) is 26.8 Å². The number of aromatic amines is 1. The first-order chi connectivity index (χ1) is 20.0. The molecule has 1 amide bonds. The number of H-pyrrole nitrogens is 1. The van der Waals surface area contributed by atoms with Crippen molar-refractivity contribution in [1.29, 1.82) is 0 Å². The second kappa shape index (κ2) is 16.5. The third-order valence-electron chi connectivity index (χ3n) is 7.56. The highest BCUT2D eigenvalue weighted by Crippen LogP contribution is 2.35. The van der Waals surface area contributed by atoms with Crippen LogP contribution >= 0.6 is 20.7 Å². The molecule has 0 aromatic heterocycles. The van der Waals surface area contributed by atoms with Crippen molar-refractivity contribution in [1.82, 2.24) is 4.98 Å². The summed E-state index contributed by atoms with van der Waals surface area (Å²) in [7, 11) is 2.97. The molecule has 10 nitrogen and oxygen atoms in total. The number of esters is 1. The molecule has 0 aromatic carbocycles.